The molecule has 0 unspecified atom stereocenters. The fraction of sp³-hybridized carbons (Fsp3) is 0.368. The van der Waals surface area contributed by atoms with Crippen molar-refractivity contribution in [3.63, 3.8) is 0 Å². The van der Waals surface area contributed by atoms with E-state index >= 15 is 0 Å². The summed E-state index contributed by atoms with van der Waals surface area (Å²) in [4.78, 5) is 13.2. The predicted molar refractivity (Wildman–Crippen MR) is 110 cm³/mol. The van der Waals surface area contributed by atoms with Gasteiger partial charge in [0.25, 0.3) is 0 Å². The van der Waals surface area contributed by atoms with Crippen LogP contribution in [0.4, 0.5) is 10.7 Å². The Morgan fingerprint density at radius 3 is 2.40 bits per heavy atom. The van der Waals surface area contributed by atoms with Gasteiger partial charge in [0.05, 0.1) is 12.7 Å². The standard InChI is InChI=1S/C19H24N2O2S2/c1-6-15-12(4)25-17(16(15)18(22)23-5)21-19(24)20-14-9-7-13(8-10-14)11(2)3/h7-11H,6H2,1-5H3,(H2,20,21,24). The highest BCUT2D eigenvalue weighted by Crippen LogP contribution is 2.34. The number of carbonyl (C=O) groups excluding carboxylic acids is 1. The van der Waals surface area contributed by atoms with E-state index in [4.69, 9.17) is 17.0 Å². The monoisotopic (exact) mass is 376 g/mol. The lowest BCUT2D eigenvalue weighted by atomic mass is 10.0. The maximum Gasteiger partial charge on any atom is 0.341 e. The summed E-state index contributed by atoms with van der Waals surface area (Å²) in [6.07, 6.45) is 0.769. The summed E-state index contributed by atoms with van der Waals surface area (Å²) in [5, 5.41) is 7.48. The third kappa shape index (κ3) is 4.58. The van der Waals surface area contributed by atoms with Gasteiger partial charge in [0.15, 0.2) is 5.11 Å². The molecule has 0 aliphatic heterocycles. The van der Waals surface area contributed by atoms with Crippen molar-refractivity contribution in [1.82, 2.24) is 0 Å². The Balaban J connectivity index is 2.16. The van der Waals surface area contributed by atoms with E-state index in [9.17, 15) is 4.79 Å². The molecular weight excluding hydrogens is 352 g/mol. The second kappa shape index (κ2) is 8.45. The number of hydrogen-bond donors (Lipinski definition) is 2. The molecule has 0 saturated carbocycles. The van der Waals surface area contributed by atoms with E-state index in [1.165, 1.54) is 24.0 Å². The number of hydrogen-bond acceptors (Lipinski definition) is 4. The average Bonchev–Trinajstić information content (AvgIpc) is 2.89. The molecule has 0 amide bonds. The van der Waals surface area contributed by atoms with Crippen LogP contribution >= 0.6 is 23.6 Å². The van der Waals surface area contributed by atoms with Crippen molar-refractivity contribution in [1.29, 1.82) is 0 Å². The number of ether oxygens (including phenoxy) is 1. The fourth-order valence-corrected chi connectivity index (χ4v) is 4.05. The van der Waals surface area contributed by atoms with E-state index < -0.39 is 0 Å². The smallest absolute Gasteiger partial charge is 0.341 e. The van der Waals surface area contributed by atoms with E-state index in [0.717, 1.165) is 27.5 Å². The van der Waals surface area contributed by atoms with Gasteiger partial charge in [0, 0.05) is 10.6 Å². The SMILES string of the molecule is CCc1c(C)sc(NC(=S)Nc2ccc(C(C)C)cc2)c1C(=O)OC. The molecule has 0 spiro atoms. The molecule has 25 heavy (non-hydrogen) atoms. The highest BCUT2D eigenvalue weighted by Gasteiger charge is 2.22. The van der Waals surface area contributed by atoms with Gasteiger partial charge in [0.2, 0.25) is 0 Å². The molecule has 4 nitrogen and oxygen atoms in total. The summed E-state index contributed by atoms with van der Waals surface area (Å²) >= 11 is 6.92. The van der Waals surface area contributed by atoms with Gasteiger partial charge in [-0.2, -0.15) is 0 Å². The third-order valence-corrected chi connectivity index (χ3v) is 5.28. The first-order valence-corrected chi connectivity index (χ1v) is 9.48. The summed E-state index contributed by atoms with van der Waals surface area (Å²) in [7, 11) is 1.39. The topological polar surface area (TPSA) is 50.4 Å². The molecular formula is C19H24N2O2S2. The van der Waals surface area contributed by atoms with Crippen molar-refractivity contribution >= 4 is 45.3 Å². The van der Waals surface area contributed by atoms with Gasteiger partial charge in [-0.15, -0.1) is 11.3 Å². The quantitative estimate of drug-likeness (QED) is 0.545. The number of thiophene rings is 1. The summed E-state index contributed by atoms with van der Waals surface area (Å²) in [5.74, 6) is 0.149. The molecule has 0 radical (unpaired) electrons. The Morgan fingerprint density at radius 2 is 1.88 bits per heavy atom. The number of thiocarbonyl (C=S) groups is 1. The molecule has 1 aromatic carbocycles. The third-order valence-electron chi connectivity index (χ3n) is 4.01. The molecule has 0 aliphatic rings. The van der Waals surface area contributed by atoms with Crippen LogP contribution in [0.5, 0.6) is 0 Å². The summed E-state index contributed by atoms with van der Waals surface area (Å²) in [6, 6.07) is 8.17. The molecule has 0 aliphatic carbocycles. The van der Waals surface area contributed by atoms with Gasteiger partial charge < -0.3 is 15.4 Å². The summed E-state index contributed by atoms with van der Waals surface area (Å²) < 4.78 is 4.93. The number of nitrogens with one attached hydrogen (secondary N) is 2. The predicted octanol–water partition coefficient (Wildman–Crippen LogP) is 5.34. The molecule has 1 aromatic heterocycles. The molecule has 134 valence electrons. The van der Waals surface area contributed by atoms with Crippen molar-refractivity contribution in [3.8, 4) is 0 Å². The first-order chi connectivity index (χ1) is 11.9. The Hall–Kier alpha value is -1.92. The zero-order chi connectivity index (χ0) is 18.6. The molecule has 2 rings (SSSR count). The van der Waals surface area contributed by atoms with Crippen LogP contribution in [-0.2, 0) is 11.2 Å². The summed E-state index contributed by atoms with van der Waals surface area (Å²) in [5.41, 5.74) is 3.76. The Morgan fingerprint density at radius 1 is 1.24 bits per heavy atom. The maximum absolute atomic E-state index is 12.1. The van der Waals surface area contributed by atoms with Gasteiger partial charge in [-0.1, -0.05) is 32.9 Å². The first-order valence-electron chi connectivity index (χ1n) is 8.25. The number of esters is 1. The summed E-state index contributed by atoms with van der Waals surface area (Å²) in [6.45, 7) is 8.35. The fourth-order valence-electron chi connectivity index (χ4n) is 2.63. The highest BCUT2D eigenvalue weighted by molar-refractivity contribution is 7.80. The zero-order valence-corrected chi connectivity index (χ0v) is 16.9. The Labute approximate surface area is 158 Å². The number of rotatable bonds is 5. The van der Waals surface area contributed by atoms with Crippen LogP contribution in [0.15, 0.2) is 24.3 Å². The van der Waals surface area contributed by atoms with Gasteiger partial charge in [-0.3, -0.25) is 0 Å². The lowest BCUT2D eigenvalue weighted by Crippen LogP contribution is -2.20. The first kappa shape index (κ1) is 19.4. The van der Waals surface area contributed by atoms with E-state index in [1.54, 1.807) is 0 Å². The number of methoxy groups -OCH3 is 1. The van der Waals surface area contributed by atoms with Gasteiger partial charge in [0.1, 0.15) is 5.00 Å². The number of benzene rings is 1. The van der Waals surface area contributed by atoms with E-state index in [2.05, 4.69) is 36.6 Å². The Bertz CT molecular complexity index is 764. The normalized spacial score (nSPS) is 10.6. The lowest BCUT2D eigenvalue weighted by Gasteiger charge is -2.12. The second-order valence-corrected chi connectivity index (χ2v) is 7.67. The second-order valence-electron chi connectivity index (χ2n) is 6.04. The van der Waals surface area contributed by atoms with Crippen LogP contribution in [0.3, 0.4) is 0 Å². The highest BCUT2D eigenvalue weighted by atomic mass is 32.1. The molecule has 0 bridgehead atoms. The number of anilines is 2. The molecule has 0 fully saturated rings. The van der Waals surface area contributed by atoms with E-state index in [-0.39, 0.29) is 5.97 Å². The van der Waals surface area contributed by atoms with Crippen LogP contribution in [0.1, 0.15) is 53.1 Å². The minimum absolute atomic E-state index is 0.340. The number of carbonyl (C=O) groups is 1. The van der Waals surface area contributed by atoms with E-state index in [0.29, 0.717) is 16.6 Å². The lowest BCUT2D eigenvalue weighted by molar-refractivity contribution is 0.0601. The van der Waals surface area contributed by atoms with Crippen molar-refractivity contribution in [3.05, 3.63) is 45.8 Å². The van der Waals surface area contributed by atoms with Crippen molar-refractivity contribution in [2.75, 3.05) is 17.7 Å². The van der Waals surface area contributed by atoms with Crippen LogP contribution < -0.4 is 10.6 Å². The van der Waals surface area contributed by atoms with Crippen LogP contribution in [0.2, 0.25) is 0 Å². The zero-order valence-electron chi connectivity index (χ0n) is 15.2. The molecule has 6 heteroatoms. The van der Waals surface area contributed by atoms with Gasteiger partial charge in [-0.05, 0) is 54.7 Å². The minimum atomic E-state index is -0.340. The van der Waals surface area contributed by atoms with Crippen LogP contribution in [-0.4, -0.2) is 18.2 Å². The Kier molecular flexibility index (Phi) is 6.56. The average molecular weight is 377 g/mol. The molecule has 2 N–H and O–H groups in total. The van der Waals surface area contributed by atoms with Crippen LogP contribution in [0, 0.1) is 6.92 Å². The molecule has 2 aromatic rings. The van der Waals surface area contributed by atoms with E-state index in [1.807, 2.05) is 26.0 Å². The van der Waals surface area contributed by atoms with Crippen LogP contribution in [0.25, 0.3) is 0 Å². The van der Waals surface area contributed by atoms with Crippen molar-refractivity contribution in [2.24, 2.45) is 0 Å². The maximum atomic E-state index is 12.1. The largest absolute Gasteiger partial charge is 0.465 e. The van der Waals surface area contributed by atoms with Gasteiger partial charge >= 0.3 is 5.97 Å². The minimum Gasteiger partial charge on any atom is -0.465 e. The molecule has 0 atom stereocenters. The van der Waals surface area contributed by atoms with Crippen molar-refractivity contribution < 1.29 is 9.53 Å². The number of aryl methyl sites for hydroxylation is 1. The van der Waals surface area contributed by atoms with Crippen molar-refractivity contribution in [2.45, 2.75) is 40.0 Å². The molecule has 0 saturated heterocycles. The molecule has 1 heterocycles. The van der Waals surface area contributed by atoms with Gasteiger partial charge in [-0.25, -0.2) is 4.79 Å².